The fourth-order valence-electron chi connectivity index (χ4n) is 1.74. The Morgan fingerprint density at radius 3 is 2.61 bits per heavy atom. The third-order valence-corrected chi connectivity index (χ3v) is 3.61. The van der Waals surface area contributed by atoms with Gasteiger partial charge in [-0.15, -0.1) is 21.5 Å². The van der Waals surface area contributed by atoms with Crippen molar-refractivity contribution < 1.29 is 4.74 Å². The molecule has 0 saturated heterocycles. The second kappa shape index (κ2) is 8.56. The van der Waals surface area contributed by atoms with Gasteiger partial charge in [0.1, 0.15) is 10.0 Å². The van der Waals surface area contributed by atoms with Gasteiger partial charge >= 0.3 is 0 Å². The lowest BCUT2D eigenvalue weighted by molar-refractivity contribution is 0.159. The van der Waals surface area contributed by atoms with Crippen LogP contribution in [-0.2, 0) is 17.6 Å². The van der Waals surface area contributed by atoms with E-state index in [0.29, 0.717) is 12.0 Å². The van der Waals surface area contributed by atoms with Crippen LogP contribution in [-0.4, -0.2) is 36.5 Å². The van der Waals surface area contributed by atoms with Crippen molar-refractivity contribution in [3.8, 4) is 0 Å². The maximum absolute atomic E-state index is 5.13. The number of aryl methyl sites for hydroxylation is 1. The largest absolute Gasteiger partial charge is 0.384 e. The first-order chi connectivity index (χ1) is 8.61. The third kappa shape index (κ3) is 6.42. The Balaban J connectivity index is 2.25. The zero-order valence-corrected chi connectivity index (χ0v) is 12.7. The molecule has 4 nitrogen and oxygen atoms in total. The lowest BCUT2D eigenvalue weighted by Gasteiger charge is -2.06. The predicted octanol–water partition coefficient (Wildman–Crippen LogP) is 2.29. The molecular formula is C13H25N3OS. The zero-order valence-electron chi connectivity index (χ0n) is 11.9. The Morgan fingerprint density at radius 2 is 1.94 bits per heavy atom. The summed E-state index contributed by atoms with van der Waals surface area (Å²) in [5.41, 5.74) is 0. The Morgan fingerprint density at radius 1 is 1.22 bits per heavy atom. The van der Waals surface area contributed by atoms with Crippen molar-refractivity contribution in [1.82, 2.24) is 15.5 Å². The van der Waals surface area contributed by atoms with Gasteiger partial charge < -0.3 is 10.1 Å². The number of ether oxygens (including phenoxy) is 1. The van der Waals surface area contributed by atoms with Crippen molar-refractivity contribution in [2.75, 3.05) is 20.3 Å². The molecule has 0 fully saturated rings. The van der Waals surface area contributed by atoms with Gasteiger partial charge in [0.2, 0.25) is 0 Å². The molecule has 104 valence electrons. The van der Waals surface area contributed by atoms with Crippen molar-refractivity contribution in [3.63, 3.8) is 0 Å². The summed E-state index contributed by atoms with van der Waals surface area (Å²) in [6.45, 7) is 8.34. The first-order valence-electron chi connectivity index (χ1n) is 6.65. The van der Waals surface area contributed by atoms with Crippen LogP contribution in [0.5, 0.6) is 0 Å². The smallest absolute Gasteiger partial charge is 0.117 e. The first kappa shape index (κ1) is 15.5. The fourth-order valence-corrected chi connectivity index (χ4v) is 2.79. The maximum atomic E-state index is 5.13. The molecule has 0 amide bonds. The molecule has 0 aromatic carbocycles. The molecule has 0 bridgehead atoms. The molecule has 18 heavy (non-hydrogen) atoms. The molecule has 1 aromatic heterocycles. The number of methoxy groups -OCH3 is 1. The molecule has 1 aromatic rings. The van der Waals surface area contributed by atoms with E-state index in [1.165, 1.54) is 0 Å². The van der Waals surface area contributed by atoms with Crippen LogP contribution in [0.1, 0.15) is 37.2 Å². The Hall–Kier alpha value is -0.520. The van der Waals surface area contributed by atoms with Gasteiger partial charge in [-0.1, -0.05) is 20.8 Å². The highest BCUT2D eigenvalue weighted by Gasteiger charge is 2.08. The van der Waals surface area contributed by atoms with Crippen molar-refractivity contribution in [3.05, 3.63) is 10.0 Å². The van der Waals surface area contributed by atoms with Crippen molar-refractivity contribution >= 4 is 11.3 Å². The molecule has 0 aliphatic heterocycles. The summed E-state index contributed by atoms with van der Waals surface area (Å²) in [4.78, 5) is 0. The number of hydrogen-bond donors (Lipinski definition) is 1. The van der Waals surface area contributed by atoms with Gasteiger partial charge in [0.25, 0.3) is 0 Å². The number of aromatic nitrogens is 2. The van der Waals surface area contributed by atoms with Gasteiger partial charge in [-0.05, 0) is 18.9 Å². The van der Waals surface area contributed by atoms with Crippen LogP contribution in [0.3, 0.4) is 0 Å². The minimum absolute atomic E-state index is 0.512. The number of nitrogens with zero attached hydrogens (tertiary/aromatic N) is 2. The average Bonchev–Trinajstić information content (AvgIpc) is 2.72. The topological polar surface area (TPSA) is 47.0 Å². The normalized spacial score (nSPS) is 13.2. The monoisotopic (exact) mass is 271 g/mol. The van der Waals surface area contributed by atoms with Gasteiger partial charge in [0, 0.05) is 32.6 Å². The number of hydrogen-bond acceptors (Lipinski definition) is 5. The summed E-state index contributed by atoms with van der Waals surface area (Å²) >= 11 is 1.74. The van der Waals surface area contributed by atoms with Gasteiger partial charge in [-0.2, -0.15) is 0 Å². The molecule has 0 radical (unpaired) electrons. The van der Waals surface area contributed by atoms with Crippen molar-refractivity contribution in [2.45, 2.75) is 46.1 Å². The summed E-state index contributed by atoms with van der Waals surface area (Å²) in [6, 6.07) is 0.560. The van der Waals surface area contributed by atoms with Crippen LogP contribution in [0.2, 0.25) is 0 Å². The predicted molar refractivity (Wildman–Crippen MR) is 76.1 cm³/mol. The van der Waals surface area contributed by atoms with E-state index in [1.807, 2.05) is 0 Å². The van der Waals surface area contributed by atoms with Crippen LogP contribution in [0.15, 0.2) is 0 Å². The Kier molecular flexibility index (Phi) is 7.39. The van der Waals surface area contributed by atoms with E-state index in [1.54, 1.807) is 18.4 Å². The molecule has 0 aliphatic rings. The van der Waals surface area contributed by atoms with E-state index in [0.717, 1.165) is 42.4 Å². The molecule has 1 atom stereocenters. The highest BCUT2D eigenvalue weighted by Crippen LogP contribution is 2.15. The molecule has 5 heteroatoms. The molecule has 1 heterocycles. The number of rotatable bonds is 9. The lowest BCUT2D eigenvalue weighted by atomic mass is 10.1. The summed E-state index contributed by atoms with van der Waals surface area (Å²) < 4.78 is 5.13. The van der Waals surface area contributed by atoms with Crippen LogP contribution in [0.25, 0.3) is 0 Å². The van der Waals surface area contributed by atoms with Gasteiger partial charge in [-0.3, -0.25) is 0 Å². The van der Waals surface area contributed by atoms with Gasteiger partial charge in [0.15, 0.2) is 0 Å². The zero-order chi connectivity index (χ0) is 13.4. The Bertz CT molecular complexity index is 328. The maximum Gasteiger partial charge on any atom is 0.117 e. The van der Waals surface area contributed by atoms with Crippen LogP contribution in [0.4, 0.5) is 0 Å². The molecule has 1 rings (SSSR count). The molecule has 0 aliphatic carbocycles. The van der Waals surface area contributed by atoms with E-state index in [-0.39, 0.29) is 0 Å². The fraction of sp³-hybridized carbons (Fsp3) is 0.846. The average molecular weight is 271 g/mol. The van der Waals surface area contributed by atoms with Gasteiger partial charge in [0.05, 0.1) is 0 Å². The lowest BCUT2D eigenvalue weighted by Crippen LogP contribution is -2.23. The van der Waals surface area contributed by atoms with Crippen LogP contribution in [0, 0.1) is 5.92 Å². The van der Waals surface area contributed by atoms with E-state index < -0.39 is 0 Å². The summed E-state index contributed by atoms with van der Waals surface area (Å²) in [5, 5.41) is 14.2. The minimum atomic E-state index is 0.512. The van der Waals surface area contributed by atoms with Gasteiger partial charge in [-0.25, -0.2) is 0 Å². The van der Waals surface area contributed by atoms with Crippen molar-refractivity contribution in [2.24, 2.45) is 5.92 Å². The second-order valence-electron chi connectivity index (χ2n) is 5.07. The van der Waals surface area contributed by atoms with Crippen LogP contribution >= 0.6 is 11.3 Å². The minimum Gasteiger partial charge on any atom is -0.384 e. The van der Waals surface area contributed by atoms with E-state index >= 15 is 0 Å². The quantitative estimate of drug-likeness (QED) is 0.700. The van der Waals surface area contributed by atoms with E-state index in [9.17, 15) is 0 Å². The van der Waals surface area contributed by atoms with E-state index in [2.05, 4.69) is 36.3 Å². The third-order valence-electron chi connectivity index (χ3n) is 2.60. The summed E-state index contributed by atoms with van der Waals surface area (Å²) in [5.74, 6) is 0.512. The summed E-state index contributed by atoms with van der Waals surface area (Å²) in [6.07, 6.45) is 3.12. The number of nitrogens with one attached hydrogen (secondary N) is 1. The molecule has 1 N–H and O–H groups in total. The summed E-state index contributed by atoms with van der Waals surface area (Å²) in [7, 11) is 1.74. The highest BCUT2D eigenvalue weighted by molar-refractivity contribution is 7.11. The standard InChI is InChI=1S/C13H25N3OS/c1-10(2)14-7-5-6-12-15-16-13(18-12)8-11(3)9-17-4/h10-11,14H,5-9H2,1-4H3. The van der Waals surface area contributed by atoms with Crippen LogP contribution < -0.4 is 5.32 Å². The molecule has 0 spiro atoms. The molecule has 0 saturated carbocycles. The second-order valence-corrected chi connectivity index (χ2v) is 6.21. The first-order valence-corrected chi connectivity index (χ1v) is 7.47. The Labute approximate surface area is 114 Å². The molecule has 1 unspecified atom stereocenters. The van der Waals surface area contributed by atoms with Crippen molar-refractivity contribution in [1.29, 1.82) is 0 Å². The highest BCUT2D eigenvalue weighted by atomic mass is 32.1. The molecular weight excluding hydrogens is 246 g/mol. The SMILES string of the molecule is COCC(C)Cc1nnc(CCCNC(C)C)s1. The van der Waals surface area contributed by atoms with E-state index in [4.69, 9.17) is 4.74 Å².